The lowest BCUT2D eigenvalue weighted by Crippen LogP contribution is -2.15. The molecule has 0 heterocycles. The normalized spacial score (nSPS) is 10.6. The Morgan fingerprint density at radius 1 is 0.690 bits per heavy atom. The van der Waals surface area contributed by atoms with E-state index in [4.69, 9.17) is 9.47 Å². The van der Waals surface area contributed by atoms with Gasteiger partial charge in [0.05, 0.1) is 0 Å². The lowest BCUT2D eigenvalue weighted by Gasteiger charge is -2.12. The minimum atomic E-state index is -0.382. The number of para-hydroxylation sites is 1. The molecule has 0 N–H and O–H groups in total. The summed E-state index contributed by atoms with van der Waals surface area (Å²) in [4.78, 5) is 12.2. The molecule has 0 saturated carbocycles. The Balaban J connectivity index is 1.36. The Labute approximate surface area is 170 Å². The molecule has 0 aliphatic rings. The van der Waals surface area contributed by atoms with Crippen LogP contribution in [0.25, 0.3) is 10.8 Å². The van der Waals surface area contributed by atoms with Crippen molar-refractivity contribution in [1.29, 1.82) is 0 Å². The molecule has 0 aromatic heterocycles. The van der Waals surface area contributed by atoms with Crippen LogP contribution in [-0.4, -0.2) is 12.6 Å². The lowest BCUT2D eigenvalue weighted by molar-refractivity contribution is -0.147. The van der Waals surface area contributed by atoms with Crippen molar-refractivity contribution in [3.63, 3.8) is 0 Å². The predicted octanol–water partition coefficient (Wildman–Crippen LogP) is 5.55. The minimum absolute atomic E-state index is 0.115. The highest BCUT2D eigenvalue weighted by molar-refractivity contribution is 5.85. The fraction of sp³-hybridized carbons (Fsp3) is 0.115. The first-order valence-electron chi connectivity index (χ1n) is 9.66. The highest BCUT2D eigenvalue weighted by atomic mass is 16.6. The average Bonchev–Trinajstić information content (AvgIpc) is 2.78. The van der Waals surface area contributed by atoms with Crippen molar-refractivity contribution in [2.45, 2.75) is 13.0 Å². The van der Waals surface area contributed by atoms with Crippen molar-refractivity contribution in [1.82, 2.24) is 0 Å². The van der Waals surface area contributed by atoms with Gasteiger partial charge in [-0.2, -0.15) is 0 Å². The van der Waals surface area contributed by atoms with Gasteiger partial charge in [0.2, 0.25) is 0 Å². The fourth-order valence-corrected chi connectivity index (χ4v) is 3.36. The molecular weight excluding hydrogens is 360 g/mol. The van der Waals surface area contributed by atoms with E-state index in [1.165, 1.54) is 5.56 Å². The third kappa shape index (κ3) is 4.82. The number of fused-ring (bicyclic) bond motifs is 1. The molecule has 4 rings (SSSR count). The van der Waals surface area contributed by atoms with E-state index in [0.717, 1.165) is 28.3 Å². The largest absolute Gasteiger partial charge is 0.482 e. The molecule has 4 aromatic carbocycles. The second-order valence-electron chi connectivity index (χ2n) is 6.86. The summed E-state index contributed by atoms with van der Waals surface area (Å²) < 4.78 is 11.2. The molecule has 0 saturated heterocycles. The zero-order valence-electron chi connectivity index (χ0n) is 16.1. The first-order valence-corrected chi connectivity index (χ1v) is 9.66. The van der Waals surface area contributed by atoms with E-state index in [9.17, 15) is 4.79 Å². The zero-order chi connectivity index (χ0) is 19.9. The highest BCUT2D eigenvalue weighted by Crippen LogP contribution is 2.22. The SMILES string of the molecule is O=C(COc1ccccc1Cc1ccccc1)OCc1cccc2ccccc12. The molecule has 0 aliphatic heterocycles. The van der Waals surface area contributed by atoms with Crippen LogP contribution < -0.4 is 4.74 Å². The van der Waals surface area contributed by atoms with Crippen LogP contribution in [0.4, 0.5) is 0 Å². The smallest absolute Gasteiger partial charge is 0.344 e. The Morgan fingerprint density at radius 3 is 2.28 bits per heavy atom. The molecule has 0 bridgehead atoms. The van der Waals surface area contributed by atoms with Crippen molar-refractivity contribution in [3.05, 3.63) is 114 Å². The van der Waals surface area contributed by atoms with Crippen LogP contribution in [0.5, 0.6) is 5.75 Å². The number of carbonyl (C=O) groups excluding carboxylic acids is 1. The molecule has 0 radical (unpaired) electrons. The Bertz CT molecular complexity index is 1100. The number of rotatable bonds is 7. The Hall–Kier alpha value is -3.59. The summed E-state index contributed by atoms with van der Waals surface area (Å²) in [6, 6.07) is 32.0. The van der Waals surface area contributed by atoms with Gasteiger partial charge in [0.25, 0.3) is 0 Å². The van der Waals surface area contributed by atoms with Gasteiger partial charge in [-0.25, -0.2) is 4.79 Å². The number of carbonyl (C=O) groups is 1. The molecule has 0 fully saturated rings. The van der Waals surface area contributed by atoms with Gasteiger partial charge < -0.3 is 9.47 Å². The summed E-state index contributed by atoms with van der Waals surface area (Å²) in [5, 5.41) is 2.23. The molecule has 4 aromatic rings. The second kappa shape index (κ2) is 9.07. The number of benzene rings is 4. The monoisotopic (exact) mass is 382 g/mol. The van der Waals surface area contributed by atoms with Gasteiger partial charge in [-0.1, -0.05) is 91.0 Å². The summed E-state index contributed by atoms with van der Waals surface area (Å²) in [7, 11) is 0. The third-order valence-corrected chi connectivity index (χ3v) is 4.82. The summed E-state index contributed by atoms with van der Waals surface area (Å²) in [6.07, 6.45) is 0.752. The van der Waals surface area contributed by atoms with E-state index in [0.29, 0.717) is 5.75 Å². The Kier molecular flexibility index (Phi) is 5.87. The lowest BCUT2D eigenvalue weighted by atomic mass is 10.0. The maximum atomic E-state index is 12.2. The fourth-order valence-electron chi connectivity index (χ4n) is 3.36. The molecule has 0 spiro atoms. The zero-order valence-corrected chi connectivity index (χ0v) is 16.1. The van der Waals surface area contributed by atoms with E-state index < -0.39 is 0 Å². The van der Waals surface area contributed by atoms with Crippen molar-refractivity contribution >= 4 is 16.7 Å². The molecule has 29 heavy (non-hydrogen) atoms. The van der Waals surface area contributed by atoms with Crippen molar-refractivity contribution < 1.29 is 14.3 Å². The topological polar surface area (TPSA) is 35.5 Å². The first kappa shape index (κ1) is 18.8. The van der Waals surface area contributed by atoms with E-state index in [2.05, 4.69) is 12.1 Å². The maximum absolute atomic E-state index is 12.2. The molecule has 0 unspecified atom stereocenters. The number of hydrogen-bond donors (Lipinski definition) is 0. The summed E-state index contributed by atoms with van der Waals surface area (Å²) in [5.74, 6) is 0.325. The van der Waals surface area contributed by atoms with E-state index in [1.54, 1.807) is 0 Å². The summed E-state index contributed by atoms with van der Waals surface area (Å²) in [5.41, 5.74) is 3.23. The molecule has 0 aliphatic carbocycles. The third-order valence-electron chi connectivity index (χ3n) is 4.82. The van der Waals surface area contributed by atoms with Crippen LogP contribution >= 0.6 is 0 Å². The second-order valence-corrected chi connectivity index (χ2v) is 6.86. The van der Waals surface area contributed by atoms with E-state index in [-0.39, 0.29) is 19.2 Å². The van der Waals surface area contributed by atoms with Gasteiger partial charge >= 0.3 is 5.97 Å². The van der Waals surface area contributed by atoms with Gasteiger partial charge in [0.1, 0.15) is 12.4 Å². The van der Waals surface area contributed by atoms with E-state index in [1.807, 2.05) is 84.9 Å². The van der Waals surface area contributed by atoms with Crippen molar-refractivity contribution in [3.8, 4) is 5.75 Å². The molecule has 0 atom stereocenters. The minimum Gasteiger partial charge on any atom is -0.482 e. The molecule has 3 heteroatoms. The molecular formula is C26H22O3. The average molecular weight is 382 g/mol. The van der Waals surface area contributed by atoms with E-state index >= 15 is 0 Å². The van der Waals surface area contributed by atoms with Gasteiger partial charge in [0, 0.05) is 6.42 Å². The van der Waals surface area contributed by atoms with Crippen LogP contribution in [0, 0.1) is 0 Å². The van der Waals surface area contributed by atoms with Crippen molar-refractivity contribution in [2.75, 3.05) is 6.61 Å². The number of esters is 1. The van der Waals surface area contributed by atoms with Gasteiger partial charge in [-0.3, -0.25) is 0 Å². The van der Waals surface area contributed by atoms with Gasteiger partial charge in [0.15, 0.2) is 6.61 Å². The summed E-state index contributed by atoms with van der Waals surface area (Å²) >= 11 is 0. The Morgan fingerprint density at radius 2 is 1.38 bits per heavy atom. The molecule has 144 valence electrons. The van der Waals surface area contributed by atoms with Crippen LogP contribution in [-0.2, 0) is 22.6 Å². The number of ether oxygens (including phenoxy) is 2. The van der Waals surface area contributed by atoms with Crippen LogP contribution in [0.2, 0.25) is 0 Å². The quantitative estimate of drug-likeness (QED) is 0.393. The van der Waals surface area contributed by atoms with Crippen LogP contribution in [0.3, 0.4) is 0 Å². The van der Waals surface area contributed by atoms with Gasteiger partial charge in [-0.05, 0) is 33.5 Å². The summed E-state index contributed by atoms with van der Waals surface area (Å²) in [6.45, 7) is 0.117. The first-order chi connectivity index (χ1) is 14.3. The maximum Gasteiger partial charge on any atom is 0.344 e. The standard InChI is InChI=1S/C26H22O3/c27-26(29-18-23-14-8-13-21-11-4-6-15-24(21)23)19-28-25-16-7-5-12-22(25)17-20-9-2-1-3-10-20/h1-16H,17-19H2. The molecule has 3 nitrogen and oxygen atoms in total. The van der Waals surface area contributed by atoms with Crippen molar-refractivity contribution in [2.24, 2.45) is 0 Å². The van der Waals surface area contributed by atoms with Crippen LogP contribution in [0.1, 0.15) is 16.7 Å². The highest BCUT2D eigenvalue weighted by Gasteiger charge is 2.09. The predicted molar refractivity (Wildman–Crippen MR) is 115 cm³/mol. The van der Waals surface area contributed by atoms with Crippen LogP contribution in [0.15, 0.2) is 97.1 Å². The molecule has 0 amide bonds. The van der Waals surface area contributed by atoms with Gasteiger partial charge in [-0.15, -0.1) is 0 Å². The number of hydrogen-bond acceptors (Lipinski definition) is 3.